The van der Waals surface area contributed by atoms with Gasteiger partial charge in [0.2, 0.25) is 0 Å². The molecule has 0 saturated carbocycles. The van der Waals surface area contributed by atoms with E-state index in [-0.39, 0.29) is 5.91 Å². The number of carbonyl (C=O) groups is 2. The van der Waals surface area contributed by atoms with E-state index in [4.69, 9.17) is 0 Å². The number of aryl methyl sites for hydroxylation is 1. The minimum atomic E-state index is -0.136. The largest absolute Gasteiger partial charge is 0.337 e. The van der Waals surface area contributed by atoms with Gasteiger partial charge in [-0.1, -0.05) is 49.4 Å². The second-order valence-electron chi connectivity index (χ2n) is 4.99. The summed E-state index contributed by atoms with van der Waals surface area (Å²) >= 11 is 0. The number of rotatable bonds is 5. The summed E-state index contributed by atoms with van der Waals surface area (Å²) in [6.45, 7) is 2.64. The maximum absolute atomic E-state index is 12.5. The molecule has 0 aliphatic heterocycles. The fourth-order valence-electron chi connectivity index (χ4n) is 2.38. The van der Waals surface area contributed by atoms with Crippen LogP contribution in [0.4, 0.5) is 0 Å². The van der Waals surface area contributed by atoms with E-state index in [1.807, 2.05) is 18.2 Å². The number of hydrogen-bond acceptors (Lipinski definition) is 2. The zero-order valence-corrected chi connectivity index (χ0v) is 12.4. The molecule has 2 aromatic rings. The standard InChI is InChI=1S/C18H19NO2/c1-3-14-8-4-5-9-15(14)12-19(2)18(21)17-11-7-6-10-16(17)13-20/h4-11,13H,3,12H2,1-2H3. The molecule has 3 heteroatoms. The van der Waals surface area contributed by atoms with Crippen molar-refractivity contribution in [3.8, 4) is 0 Å². The minimum absolute atomic E-state index is 0.136. The predicted octanol–water partition coefficient (Wildman–Crippen LogP) is 3.33. The predicted molar refractivity (Wildman–Crippen MR) is 83.4 cm³/mol. The molecule has 0 fully saturated rings. The van der Waals surface area contributed by atoms with E-state index >= 15 is 0 Å². The fraction of sp³-hybridized carbons (Fsp3) is 0.222. The molecule has 21 heavy (non-hydrogen) atoms. The second-order valence-corrected chi connectivity index (χ2v) is 4.99. The molecule has 0 aromatic heterocycles. The van der Waals surface area contributed by atoms with E-state index in [0.29, 0.717) is 17.7 Å². The van der Waals surface area contributed by atoms with Gasteiger partial charge in [0.1, 0.15) is 0 Å². The van der Waals surface area contributed by atoms with Gasteiger partial charge in [0.25, 0.3) is 5.91 Å². The number of amides is 1. The summed E-state index contributed by atoms with van der Waals surface area (Å²) < 4.78 is 0. The molecule has 0 aliphatic carbocycles. The van der Waals surface area contributed by atoms with Gasteiger partial charge in [-0.05, 0) is 23.6 Å². The maximum Gasteiger partial charge on any atom is 0.254 e. The van der Waals surface area contributed by atoms with Crippen LogP contribution >= 0.6 is 0 Å². The molecule has 0 atom stereocenters. The van der Waals surface area contributed by atoms with Crippen LogP contribution in [0.5, 0.6) is 0 Å². The van der Waals surface area contributed by atoms with Crippen molar-refractivity contribution in [2.45, 2.75) is 19.9 Å². The Bertz CT molecular complexity index is 649. The first-order chi connectivity index (χ1) is 10.2. The summed E-state index contributed by atoms with van der Waals surface area (Å²) in [5.41, 5.74) is 3.25. The monoisotopic (exact) mass is 281 g/mol. The molecule has 0 N–H and O–H groups in total. The molecule has 108 valence electrons. The lowest BCUT2D eigenvalue weighted by Gasteiger charge is -2.19. The lowest BCUT2D eigenvalue weighted by atomic mass is 10.0. The maximum atomic E-state index is 12.5. The van der Waals surface area contributed by atoms with Gasteiger partial charge < -0.3 is 4.90 Å². The lowest BCUT2D eigenvalue weighted by Crippen LogP contribution is -2.27. The van der Waals surface area contributed by atoms with Crippen LogP contribution in [0, 0.1) is 0 Å². The Hall–Kier alpha value is -2.42. The van der Waals surface area contributed by atoms with E-state index in [0.717, 1.165) is 18.3 Å². The van der Waals surface area contributed by atoms with Crippen LogP contribution in [0.3, 0.4) is 0 Å². The van der Waals surface area contributed by atoms with Gasteiger partial charge in [-0.15, -0.1) is 0 Å². The van der Waals surface area contributed by atoms with Crippen LogP contribution in [0.15, 0.2) is 48.5 Å². The van der Waals surface area contributed by atoms with Crippen molar-refractivity contribution < 1.29 is 9.59 Å². The Morgan fingerprint density at radius 2 is 1.67 bits per heavy atom. The highest BCUT2D eigenvalue weighted by Crippen LogP contribution is 2.15. The van der Waals surface area contributed by atoms with Gasteiger partial charge in [-0.2, -0.15) is 0 Å². The number of aldehydes is 1. The summed E-state index contributed by atoms with van der Waals surface area (Å²) in [5.74, 6) is -0.136. The topological polar surface area (TPSA) is 37.4 Å². The van der Waals surface area contributed by atoms with Crippen molar-refractivity contribution in [3.05, 3.63) is 70.8 Å². The van der Waals surface area contributed by atoms with Gasteiger partial charge in [0.15, 0.2) is 6.29 Å². The Balaban J connectivity index is 2.22. The molecule has 2 rings (SSSR count). The molecule has 0 radical (unpaired) electrons. The van der Waals surface area contributed by atoms with E-state index < -0.39 is 0 Å². The van der Waals surface area contributed by atoms with E-state index in [9.17, 15) is 9.59 Å². The normalized spacial score (nSPS) is 10.2. The van der Waals surface area contributed by atoms with Crippen LogP contribution in [0.2, 0.25) is 0 Å². The first-order valence-electron chi connectivity index (χ1n) is 7.03. The summed E-state index contributed by atoms with van der Waals surface area (Å²) in [4.78, 5) is 25.2. The van der Waals surface area contributed by atoms with Crippen molar-refractivity contribution in [2.24, 2.45) is 0 Å². The average molecular weight is 281 g/mol. The average Bonchev–Trinajstić information content (AvgIpc) is 2.54. The quantitative estimate of drug-likeness (QED) is 0.788. The van der Waals surface area contributed by atoms with Gasteiger partial charge in [0, 0.05) is 19.2 Å². The molecule has 1 amide bonds. The zero-order chi connectivity index (χ0) is 15.2. The molecule has 2 aromatic carbocycles. The van der Waals surface area contributed by atoms with E-state index in [1.54, 1.807) is 36.2 Å². The Morgan fingerprint density at radius 3 is 2.33 bits per heavy atom. The van der Waals surface area contributed by atoms with Gasteiger partial charge >= 0.3 is 0 Å². The molecule has 0 aliphatic rings. The third-order valence-electron chi connectivity index (χ3n) is 3.57. The number of hydrogen-bond donors (Lipinski definition) is 0. The fourth-order valence-corrected chi connectivity index (χ4v) is 2.38. The highest BCUT2D eigenvalue weighted by atomic mass is 16.2. The first kappa shape index (κ1) is 15.0. The van der Waals surface area contributed by atoms with Crippen molar-refractivity contribution >= 4 is 12.2 Å². The molecule has 3 nitrogen and oxygen atoms in total. The van der Waals surface area contributed by atoms with Gasteiger partial charge in [-0.3, -0.25) is 9.59 Å². The Labute approximate surface area is 125 Å². The SMILES string of the molecule is CCc1ccccc1CN(C)C(=O)c1ccccc1C=O. The molecule has 0 saturated heterocycles. The molecule has 0 heterocycles. The highest BCUT2D eigenvalue weighted by Gasteiger charge is 2.16. The van der Waals surface area contributed by atoms with Crippen molar-refractivity contribution in [2.75, 3.05) is 7.05 Å². The Kier molecular flexibility index (Phi) is 4.88. The third kappa shape index (κ3) is 3.37. The first-order valence-corrected chi connectivity index (χ1v) is 7.03. The van der Waals surface area contributed by atoms with E-state index in [2.05, 4.69) is 13.0 Å². The second kappa shape index (κ2) is 6.84. The summed E-state index contributed by atoms with van der Waals surface area (Å²) in [7, 11) is 1.76. The number of benzene rings is 2. The molecule has 0 spiro atoms. The smallest absolute Gasteiger partial charge is 0.254 e. The Morgan fingerprint density at radius 1 is 1.05 bits per heavy atom. The van der Waals surface area contributed by atoms with Crippen LogP contribution in [0.25, 0.3) is 0 Å². The van der Waals surface area contributed by atoms with Gasteiger partial charge in [-0.25, -0.2) is 0 Å². The van der Waals surface area contributed by atoms with Crippen LogP contribution < -0.4 is 0 Å². The zero-order valence-electron chi connectivity index (χ0n) is 12.4. The highest BCUT2D eigenvalue weighted by molar-refractivity contribution is 6.01. The minimum Gasteiger partial charge on any atom is -0.337 e. The van der Waals surface area contributed by atoms with Crippen molar-refractivity contribution in [1.29, 1.82) is 0 Å². The molecular weight excluding hydrogens is 262 g/mol. The number of carbonyl (C=O) groups excluding carboxylic acids is 2. The lowest BCUT2D eigenvalue weighted by molar-refractivity contribution is 0.0781. The summed E-state index contributed by atoms with van der Waals surface area (Å²) in [5, 5.41) is 0. The van der Waals surface area contributed by atoms with Crippen molar-refractivity contribution in [1.82, 2.24) is 4.90 Å². The molecular formula is C18H19NO2. The van der Waals surface area contributed by atoms with Crippen LogP contribution in [0.1, 0.15) is 38.8 Å². The van der Waals surface area contributed by atoms with Crippen LogP contribution in [-0.4, -0.2) is 24.1 Å². The summed E-state index contributed by atoms with van der Waals surface area (Å²) in [6.07, 6.45) is 1.66. The van der Waals surface area contributed by atoms with Crippen LogP contribution in [-0.2, 0) is 13.0 Å². The molecule has 0 unspecified atom stereocenters. The van der Waals surface area contributed by atoms with E-state index in [1.165, 1.54) is 5.56 Å². The van der Waals surface area contributed by atoms with Gasteiger partial charge in [0.05, 0.1) is 5.56 Å². The molecule has 0 bridgehead atoms. The third-order valence-corrected chi connectivity index (χ3v) is 3.57. The summed E-state index contributed by atoms with van der Waals surface area (Å²) in [6, 6.07) is 15.0. The van der Waals surface area contributed by atoms with Crippen molar-refractivity contribution in [3.63, 3.8) is 0 Å². The number of nitrogens with zero attached hydrogens (tertiary/aromatic N) is 1.